The van der Waals surface area contributed by atoms with E-state index in [-0.39, 0.29) is 0 Å². The molecule has 0 aromatic heterocycles. The Labute approximate surface area is 129 Å². The molecule has 2 aliphatic carbocycles. The van der Waals surface area contributed by atoms with E-state index in [2.05, 4.69) is 48.6 Å². The van der Waals surface area contributed by atoms with E-state index in [9.17, 15) is 0 Å². The highest BCUT2D eigenvalue weighted by atomic mass is 15.1. The second kappa shape index (κ2) is 6.93. The summed E-state index contributed by atoms with van der Waals surface area (Å²) >= 11 is 0. The van der Waals surface area contributed by atoms with E-state index >= 15 is 0 Å². The minimum atomic E-state index is 0.752. The lowest BCUT2D eigenvalue weighted by Crippen LogP contribution is -2.41. The molecule has 116 valence electrons. The van der Waals surface area contributed by atoms with Crippen molar-refractivity contribution in [3.05, 3.63) is 35.4 Å². The number of hydrogen-bond acceptors (Lipinski definition) is 2. The Morgan fingerprint density at radius 1 is 1.10 bits per heavy atom. The van der Waals surface area contributed by atoms with E-state index in [1.807, 2.05) is 0 Å². The second-order valence-corrected chi connectivity index (χ2v) is 7.02. The van der Waals surface area contributed by atoms with Gasteiger partial charge in [0.15, 0.2) is 0 Å². The Morgan fingerprint density at radius 3 is 2.62 bits per heavy atom. The van der Waals surface area contributed by atoms with Crippen molar-refractivity contribution in [2.45, 2.75) is 62.9 Å². The zero-order valence-electron chi connectivity index (χ0n) is 13.6. The fourth-order valence-electron chi connectivity index (χ4n) is 4.35. The molecule has 0 saturated heterocycles. The largest absolute Gasteiger partial charge is 0.317 e. The number of fused-ring (bicyclic) bond motifs is 1. The average Bonchev–Trinajstić information content (AvgIpc) is 2.55. The highest BCUT2D eigenvalue weighted by molar-refractivity contribution is 5.32. The number of nitrogens with one attached hydrogen (secondary N) is 1. The molecule has 1 aromatic carbocycles. The molecule has 1 aromatic rings. The van der Waals surface area contributed by atoms with Gasteiger partial charge in [-0.3, -0.25) is 0 Å². The molecule has 2 aliphatic rings. The molecule has 1 atom stereocenters. The van der Waals surface area contributed by atoms with Gasteiger partial charge in [-0.1, -0.05) is 24.3 Å². The number of hydrogen-bond donors (Lipinski definition) is 1. The van der Waals surface area contributed by atoms with E-state index in [0.717, 1.165) is 18.0 Å². The maximum absolute atomic E-state index is 3.44. The van der Waals surface area contributed by atoms with Crippen LogP contribution in [0, 0.1) is 0 Å². The number of rotatable bonds is 4. The summed E-state index contributed by atoms with van der Waals surface area (Å²) in [4.78, 5) is 2.65. The first-order valence-electron chi connectivity index (χ1n) is 8.73. The molecule has 1 saturated carbocycles. The Hall–Kier alpha value is -0.860. The molecule has 1 unspecified atom stereocenters. The topological polar surface area (TPSA) is 15.3 Å². The van der Waals surface area contributed by atoms with Crippen LogP contribution in [-0.2, 0) is 6.42 Å². The number of benzene rings is 1. The van der Waals surface area contributed by atoms with Gasteiger partial charge in [0.1, 0.15) is 0 Å². The quantitative estimate of drug-likeness (QED) is 0.910. The van der Waals surface area contributed by atoms with Crippen molar-refractivity contribution in [2.24, 2.45) is 0 Å². The fraction of sp³-hybridized carbons (Fsp3) is 0.684. The zero-order chi connectivity index (χ0) is 14.7. The highest BCUT2D eigenvalue weighted by Crippen LogP contribution is 2.33. The van der Waals surface area contributed by atoms with E-state index < -0.39 is 0 Å². The second-order valence-electron chi connectivity index (χ2n) is 7.02. The minimum absolute atomic E-state index is 0.752. The average molecular weight is 286 g/mol. The molecule has 1 N–H and O–H groups in total. The first-order valence-corrected chi connectivity index (χ1v) is 8.73. The van der Waals surface area contributed by atoms with Crippen molar-refractivity contribution < 1.29 is 0 Å². The van der Waals surface area contributed by atoms with Crippen LogP contribution >= 0.6 is 0 Å². The van der Waals surface area contributed by atoms with Crippen LogP contribution in [-0.4, -0.2) is 37.6 Å². The van der Waals surface area contributed by atoms with Gasteiger partial charge < -0.3 is 10.2 Å². The Bertz CT molecular complexity index is 449. The van der Waals surface area contributed by atoms with Crippen LogP contribution < -0.4 is 5.32 Å². The number of nitrogens with zero attached hydrogens (tertiary/aromatic N) is 1. The van der Waals surface area contributed by atoms with Gasteiger partial charge >= 0.3 is 0 Å². The zero-order valence-corrected chi connectivity index (χ0v) is 13.6. The van der Waals surface area contributed by atoms with Gasteiger partial charge in [0.05, 0.1) is 0 Å². The van der Waals surface area contributed by atoms with Crippen molar-refractivity contribution in [2.75, 3.05) is 20.6 Å². The number of likely N-dealkylation sites (N-methyl/N-ethyl adjacent to an activating group) is 1. The molecule has 2 heteroatoms. The van der Waals surface area contributed by atoms with Gasteiger partial charge in [0, 0.05) is 18.6 Å². The fourth-order valence-corrected chi connectivity index (χ4v) is 4.35. The molecule has 0 heterocycles. The van der Waals surface area contributed by atoms with Gasteiger partial charge in [-0.05, 0) is 76.1 Å². The lowest BCUT2D eigenvalue weighted by atomic mass is 9.82. The van der Waals surface area contributed by atoms with Crippen LogP contribution in [0.2, 0.25) is 0 Å². The molecule has 0 radical (unpaired) electrons. The summed E-state index contributed by atoms with van der Waals surface area (Å²) in [6.45, 7) is 1.24. The predicted octanol–water partition coefficient (Wildman–Crippen LogP) is 3.57. The van der Waals surface area contributed by atoms with Crippen LogP contribution in [0.3, 0.4) is 0 Å². The molecule has 2 nitrogen and oxygen atoms in total. The SMILES string of the molecule is CNC1CCC(N(C)CC2CCCc3ccccc32)CC1. The summed E-state index contributed by atoms with van der Waals surface area (Å²) in [5.41, 5.74) is 3.22. The lowest BCUT2D eigenvalue weighted by molar-refractivity contribution is 0.164. The molecule has 3 rings (SSSR count). The molecule has 21 heavy (non-hydrogen) atoms. The smallest absolute Gasteiger partial charge is 0.00936 e. The van der Waals surface area contributed by atoms with Gasteiger partial charge in [-0.2, -0.15) is 0 Å². The molecule has 0 spiro atoms. The van der Waals surface area contributed by atoms with Crippen molar-refractivity contribution in [1.82, 2.24) is 10.2 Å². The molecule has 0 aliphatic heterocycles. The molecule has 1 fully saturated rings. The number of aryl methyl sites for hydroxylation is 1. The molecule has 0 bridgehead atoms. The first-order chi connectivity index (χ1) is 10.3. The van der Waals surface area contributed by atoms with Crippen LogP contribution in [0.15, 0.2) is 24.3 Å². The van der Waals surface area contributed by atoms with Gasteiger partial charge in [-0.15, -0.1) is 0 Å². The Kier molecular flexibility index (Phi) is 4.97. The third-order valence-corrected chi connectivity index (χ3v) is 5.73. The monoisotopic (exact) mass is 286 g/mol. The highest BCUT2D eigenvalue weighted by Gasteiger charge is 2.26. The van der Waals surface area contributed by atoms with E-state index in [4.69, 9.17) is 0 Å². The maximum Gasteiger partial charge on any atom is 0.00936 e. The predicted molar refractivity (Wildman–Crippen MR) is 89.9 cm³/mol. The van der Waals surface area contributed by atoms with Gasteiger partial charge in [0.2, 0.25) is 0 Å². The third-order valence-electron chi connectivity index (χ3n) is 5.73. The van der Waals surface area contributed by atoms with Crippen molar-refractivity contribution in [3.63, 3.8) is 0 Å². The van der Waals surface area contributed by atoms with E-state index in [1.54, 1.807) is 11.1 Å². The minimum Gasteiger partial charge on any atom is -0.317 e. The normalized spacial score (nSPS) is 29.4. The summed E-state index contributed by atoms with van der Waals surface area (Å²) in [5, 5.41) is 3.44. The first kappa shape index (κ1) is 15.1. The van der Waals surface area contributed by atoms with Crippen molar-refractivity contribution >= 4 is 0 Å². The lowest BCUT2D eigenvalue weighted by Gasteiger charge is -2.37. The molecular formula is C19H30N2. The van der Waals surface area contributed by atoms with Crippen LogP contribution in [0.25, 0.3) is 0 Å². The summed E-state index contributed by atoms with van der Waals surface area (Å²) in [5.74, 6) is 0.752. The molecular weight excluding hydrogens is 256 g/mol. The Morgan fingerprint density at radius 2 is 1.86 bits per heavy atom. The summed E-state index contributed by atoms with van der Waals surface area (Å²) < 4.78 is 0. The summed E-state index contributed by atoms with van der Waals surface area (Å²) in [6.07, 6.45) is 9.41. The van der Waals surface area contributed by atoms with Gasteiger partial charge in [-0.25, -0.2) is 0 Å². The van der Waals surface area contributed by atoms with Crippen LogP contribution in [0.4, 0.5) is 0 Å². The third kappa shape index (κ3) is 3.49. The van der Waals surface area contributed by atoms with Gasteiger partial charge in [0.25, 0.3) is 0 Å². The summed E-state index contributed by atoms with van der Waals surface area (Å²) in [7, 11) is 4.45. The Balaban J connectivity index is 1.60. The van der Waals surface area contributed by atoms with Crippen LogP contribution in [0.1, 0.15) is 55.6 Å². The van der Waals surface area contributed by atoms with Crippen molar-refractivity contribution in [3.8, 4) is 0 Å². The van der Waals surface area contributed by atoms with Crippen LogP contribution in [0.5, 0.6) is 0 Å². The molecule has 0 amide bonds. The van der Waals surface area contributed by atoms with Crippen molar-refractivity contribution in [1.29, 1.82) is 0 Å². The van der Waals surface area contributed by atoms with E-state index in [1.165, 1.54) is 51.5 Å². The summed E-state index contributed by atoms with van der Waals surface area (Å²) in [6, 6.07) is 10.7. The van der Waals surface area contributed by atoms with E-state index in [0.29, 0.717) is 0 Å². The maximum atomic E-state index is 3.44. The standard InChI is InChI=1S/C19H30N2/c1-20-17-10-12-18(13-11-17)21(2)14-16-8-5-7-15-6-3-4-9-19(15)16/h3-4,6,9,16-18,20H,5,7-8,10-14H2,1-2H3.